The molecular weight excluding hydrogens is 309 g/mol. The molecule has 1 amide bonds. The zero-order chi connectivity index (χ0) is 17.0. The average molecular weight is 335 g/mol. The predicted molar refractivity (Wildman–Crippen MR) is 89.4 cm³/mol. The van der Waals surface area contributed by atoms with Crippen LogP contribution in [-0.4, -0.2) is 44.2 Å². The summed E-state index contributed by atoms with van der Waals surface area (Å²) in [4.78, 5) is 14.9. The molecule has 2 aliphatic rings. The minimum absolute atomic E-state index is 0.252. The standard InChI is InChI=1S/C19H26FNO3/c1-23-14-19(9-3-10-19)18(22)21-11-2-4-15(12-21)13-24-17-7-5-16(20)6-8-17/h5-8,15H,2-4,9-14H2,1H3. The number of piperidine rings is 1. The van der Waals surface area contributed by atoms with E-state index >= 15 is 0 Å². The molecule has 0 radical (unpaired) electrons. The Morgan fingerprint density at radius 1 is 1.29 bits per heavy atom. The quantitative estimate of drug-likeness (QED) is 0.801. The third kappa shape index (κ3) is 3.72. The molecule has 1 aromatic rings. The third-order valence-corrected chi connectivity index (χ3v) is 5.29. The van der Waals surface area contributed by atoms with Gasteiger partial charge in [0.1, 0.15) is 11.6 Å². The smallest absolute Gasteiger partial charge is 0.231 e. The highest BCUT2D eigenvalue weighted by molar-refractivity contribution is 5.84. The summed E-state index contributed by atoms with van der Waals surface area (Å²) in [5.41, 5.74) is -0.283. The zero-order valence-electron chi connectivity index (χ0n) is 14.3. The van der Waals surface area contributed by atoms with E-state index in [4.69, 9.17) is 9.47 Å². The van der Waals surface area contributed by atoms with E-state index in [9.17, 15) is 9.18 Å². The molecule has 24 heavy (non-hydrogen) atoms. The minimum Gasteiger partial charge on any atom is -0.493 e. The van der Waals surface area contributed by atoms with Gasteiger partial charge in [-0.1, -0.05) is 6.42 Å². The van der Waals surface area contributed by atoms with Crippen LogP contribution in [0.5, 0.6) is 5.75 Å². The molecule has 3 rings (SSSR count). The van der Waals surface area contributed by atoms with Crippen LogP contribution in [0.2, 0.25) is 0 Å². The maximum absolute atomic E-state index is 12.9. The summed E-state index contributed by atoms with van der Waals surface area (Å²) < 4.78 is 24.0. The van der Waals surface area contributed by atoms with Gasteiger partial charge in [-0.15, -0.1) is 0 Å². The lowest BCUT2D eigenvalue weighted by molar-refractivity contribution is -0.154. The molecule has 2 fully saturated rings. The lowest BCUT2D eigenvalue weighted by Gasteiger charge is -2.45. The number of hydrogen-bond donors (Lipinski definition) is 0. The summed E-state index contributed by atoms with van der Waals surface area (Å²) in [6.45, 7) is 2.66. The second kappa shape index (κ2) is 7.51. The number of ether oxygens (including phenoxy) is 2. The van der Waals surface area contributed by atoms with Gasteiger partial charge in [-0.2, -0.15) is 0 Å². The van der Waals surface area contributed by atoms with Crippen LogP contribution in [0.4, 0.5) is 4.39 Å². The van der Waals surface area contributed by atoms with Crippen molar-refractivity contribution in [3.8, 4) is 5.75 Å². The van der Waals surface area contributed by atoms with Crippen molar-refractivity contribution in [3.63, 3.8) is 0 Å². The second-order valence-corrected chi connectivity index (χ2v) is 7.09. The van der Waals surface area contributed by atoms with E-state index in [0.29, 0.717) is 24.9 Å². The van der Waals surface area contributed by atoms with Crippen LogP contribution in [0.25, 0.3) is 0 Å². The van der Waals surface area contributed by atoms with Gasteiger partial charge in [-0.3, -0.25) is 4.79 Å². The summed E-state index contributed by atoms with van der Waals surface area (Å²) in [5, 5.41) is 0. The third-order valence-electron chi connectivity index (χ3n) is 5.29. The van der Waals surface area contributed by atoms with Gasteiger partial charge >= 0.3 is 0 Å². The monoisotopic (exact) mass is 335 g/mol. The Hall–Kier alpha value is -1.62. The van der Waals surface area contributed by atoms with Gasteiger partial charge in [-0.25, -0.2) is 4.39 Å². The van der Waals surface area contributed by atoms with Gasteiger partial charge in [-0.05, 0) is 49.9 Å². The topological polar surface area (TPSA) is 38.8 Å². The Balaban J connectivity index is 1.54. The van der Waals surface area contributed by atoms with Gasteiger partial charge in [0, 0.05) is 26.1 Å². The van der Waals surface area contributed by atoms with E-state index in [1.807, 2.05) is 4.90 Å². The molecule has 1 aliphatic heterocycles. The largest absolute Gasteiger partial charge is 0.493 e. The number of likely N-dealkylation sites (tertiary alicyclic amines) is 1. The minimum atomic E-state index is -0.283. The Morgan fingerprint density at radius 2 is 2.04 bits per heavy atom. The molecule has 0 aromatic heterocycles. The van der Waals surface area contributed by atoms with Crippen molar-refractivity contribution in [1.82, 2.24) is 4.90 Å². The van der Waals surface area contributed by atoms with Crippen molar-refractivity contribution in [3.05, 3.63) is 30.1 Å². The lowest BCUT2D eigenvalue weighted by Crippen LogP contribution is -2.53. The predicted octanol–water partition coefficient (Wildman–Crippen LogP) is 3.26. The summed E-state index contributed by atoms with van der Waals surface area (Å²) >= 11 is 0. The summed E-state index contributed by atoms with van der Waals surface area (Å²) in [7, 11) is 1.67. The molecule has 1 saturated carbocycles. The van der Waals surface area contributed by atoms with Crippen molar-refractivity contribution in [2.45, 2.75) is 32.1 Å². The fourth-order valence-electron chi connectivity index (χ4n) is 3.77. The first-order chi connectivity index (χ1) is 11.6. The fraction of sp³-hybridized carbons (Fsp3) is 0.632. The molecule has 1 unspecified atom stereocenters. The number of hydrogen-bond acceptors (Lipinski definition) is 3. The molecule has 1 atom stereocenters. The lowest BCUT2D eigenvalue weighted by atomic mass is 9.68. The fourth-order valence-corrected chi connectivity index (χ4v) is 3.77. The Kier molecular flexibility index (Phi) is 5.39. The first kappa shape index (κ1) is 17.2. The van der Waals surface area contributed by atoms with Gasteiger partial charge < -0.3 is 14.4 Å². The highest BCUT2D eigenvalue weighted by Gasteiger charge is 2.46. The number of carbonyl (C=O) groups excluding carboxylic acids is 1. The van der Waals surface area contributed by atoms with E-state index in [0.717, 1.165) is 45.2 Å². The van der Waals surface area contributed by atoms with Crippen LogP contribution in [0.1, 0.15) is 32.1 Å². The summed E-state index contributed by atoms with van der Waals surface area (Å²) in [6, 6.07) is 6.08. The van der Waals surface area contributed by atoms with E-state index < -0.39 is 0 Å². The molecule has 0 N–H and O–H groups in total. The Bertz CT molecular complexity index is 556. The van der Waals surface area contributed by atoms with Crippen LogP contribution >= 0.6 is 0 Å². The van der Waals surface area contributed by atoms with E-state index in [2.05, 4.69) is 0 Å². The molecule has 132 valence electrons. The SMILES string of the molecule is COCC1(C(=O)N2CCCC(COc3ccc(F)cc3)C2)CCC1. The number of nitrogens with zero attached hydrogens (tertiary/aromatic N) is 1. The van der Waals surface area contributed by atoms with E-state index in [1.54, 1.807) is 19.2 Å². The van der Waals surface area contributed by atoms with Crippen LogP contribution in [0.3, 0.4) is 0 Å². The number of amides is 1. The Labute approximate surface area is 142 Å². The zero-order valence-corrected chi connectivity index (χ0v) is 14.3. The molecule has 4 nitrogen and oxygen atoms in total. The van der Waals surface area contributed by atoms with Crippen molar-refractivity contribution < 1.29 is 18.7 Å². The maximum Gasteiger partial charge on any atom is 0.231 e. The number of benzene rings is 1. The van der Waals surface area contributed by atoms with Crippen LogP contribution < -0.4 is 4.74 Å². The first-order valence-electron chi connectivity index (χ1n) is 8.80. The first-order valence-corrected chi connectivity index (χ1v) is 8.80. The number of rotatable bonds is 6. The van der Waals surface area contributed by atoms with Gasteiger partial charge in [0.25, 0.3) is 0 Å². The highest BCUT2D eigenvalue weighted by Crippen LogP contribution is 2.43. The van der Waals surface area contributed by atoms with Crippen LogP contribution in [-0.2, 0) is 9.53 Å². The Morgan fingerprint density at radius 3 is 2.67 bits per heavy atom. The van der Waals surface area contributed by atoms with Gasteiger partial charge in [0.15, 0.2) is 0 Å². The molecule has 0 bridgehead atoms. The maximum atomic E-state index is 12.9. The molecule has 1 saturated heterocycles. The number of carbonyl (C=O) groups is 1. The van der Waals surface area contributed by atoms with Crippen molar-refractivity contribution in [1.29, 1.82) is 0 Å². The number of methoxy groups -OCH3 is 1. The van der Waals surface area contributed by atoms with Gasteiger partial charge in [0.05, 0.1) is 18.6 Å². The molecule has 5 heteroatoms. The second-order valence-electron chi connectivity index (χ2n) is 7.09. The van der Waals surface area contributed by atoms with E-state index in [1.165, 1.54) is 12.1 Å². The molecule has 0 spiro atoms. The highest BCUT2D eigenvalue weighted by atomic mass is 19.1. The van der Waals surface area contributed by atoms with Crippen molar-refractivity contribution in [2.24, 2.45) is 11.3 Å². The van der Waals surface area contributed by atoms with Gasteiger partial charge in [0.2, 0.25) is 5.91 Å². The average Bonchev–Trinajstić information content (AvgIpc) is 2.57. The summed E-state index contributed by atoms with van der Waals surface area (Å²) in [6.07, 6.45) is 5.05. The summed E-state index contributed by atoms with van der Waals surface area (Å²) in [5.74, 6) is 0.991. The molecular formula is C19H26FNO3. The van der Waals surface area contributed by atoms with Crippen molar-refractivity contribution in [2.75, 3.05) is 33.4 Å². The molecule has 1 heterocycles. The number of halogens is 1. The van der Waals surface area contributed by atoms with Crippen LogP contribution in [0, 0.1) is 17.2 Å². The van der Waals surface area contributed by atoms with E-state index in [-0.39, 0.29) is 17.1 Å². The molecule has 1 aliphatic carbocycles. The van der Waals surface area contributed by atoms with Crippen LogP contribution in [0.15, 0.2) is 24.3 Å². The molecule has 1 aromatic carbocycles. The normalized spacial score (nSPS) is 22.8. The van der Waals surface area contributed by atoms with Crippen molar-refractivity contribution >= 4 is 5.91 Å².